The normalized spacial score (nSPS) is 10.4. The summed E-state index contributed by atoms with van der Waals surface area (Å²) < 4.78 is 26.2. The van der Waals surface area contributed by atoms with Gasteiger partial charge in [-0.05, 0) is 55.3 Å². The Kier molecular flexibility index (Phi) is 3.24. The average Bonchev–Trinajstić information content (AvgIpc) is 2.31. The van der Waals surface area contributed by atoms with E-state index in [0.717, 1.165) is 0 Å². The summed E-state index contributed by atoms with van der Waals surface area (Å²) in [5.74, 6) is -1.13. The van der Waals surface area contributed by atoms with Crippen LogP contribution in [0.25, 0.3) is 0 Å². The van der Waals surface area contributed by atoms with E-state index in [2.05, 4.69) is 0 Å². The monoisotopic (exact) mass is 246 g/mol. The van der Waals surface area contributed by atoms with Gasteiger partial charge in [-0.3, -0.25) is 4.79 Å². The number of benzene rings is 2. The molecule has 0 saturated heterocycles. The number of halogens is 2. The van der Waals surface area contributed by atoms with Crippen LogP contribution in [-0.4, -0.2) is 5.78 Å². The molecule has 0 aliphatic heterocycles. The van der Waals surface area contributed by atoms with Crippen molar-refractivity contribution in [2.75, 3.05) is 0 Å². The first kappa shape index (κ1) is 12.4. The molecular weight excluding hydrogens is 234 g/mol. The number of rotatable bonds is 2. The van der Waals surface area contributed by atoms with Gasteiger partial charge in [0.2, 0.25) is 0 Å². The molecule has 2 aromatic rings. The molecule has 0 bridgehead atoms. The zero-order chi connectivity index (χ0) is 13.3. The van der Waals surface area contributed by atoms with Crippen molar-refractivity contribution in [2.24, 2.45) is 0 Å². The molecule has 0 saturated carbocycles. The van der Waals surface area contributed by atoms with Crippen molar-refractivity contribution < 1.29 is 13.6 Å². The summed E-state index contributed by atoms with van der Waals surface area (Å²) in [6.07, 6.45) is 0. The second-order valence-corrected chi connectivity index (χ2v) is 4.25. The third kappa shape index (κ3) is 2.30. The fourth-order valence-corrected chi connectivity index (χ4v) is 1.87. The molecule has 1 nitrogen and oxygen atoms in total. The van der Waals surface area contributed by atoms with Gasteiger partial charge in [0, 0.05) is 11.1 Å². The summed E-state index contributed by atoms with van der Waals surface area (Å²) in [5, 5.41) is 0. The highest BCUT2D eigenvalue weighted by atomic mass is 19.1. The van der Waals surface area contributed by atoms with Crippen molar-refractivity contribution in [2.45, 2.75) is 13.8 Å². The summed E-state index contributed by atoms with van der Waals surface area (Å²) in [7, 11) is 0. The molecule has 92 valence electrons. The Morgan fingerprint density at radius 2 is 1.44 bits per heavy atom. The highest BCUT2D eigenvalue weighted by molar-refractivity contribution is 6.10. The van der Waals surface area contributed by atoms with Crippen LogP contribution < -0.4 is 0 Å². The van der Waals surface area contributed by atoms with Crippen molar-refractivity contribution in [3.63, 3.8) is 0 Å². The summed E-state index contributed by atoms with van der Waals surface area (Å²) >= 11 is 0. The number of carbonyl (C=O) groups is 1. The van der Waals surface area contributed by atoms with Gasteiger partial charge in [-0.15, -0.1) is 0 Å². The van der Waals surface area contributed by atoms with E-state index < -0.39 is 5.82 Å². The van der Waals surface area contributed by atoms with E-state index in [1.807, 2.05) is 0 Å². The molecule has 2 aromatic carbocycles. The first-order valence-electron chi connectivity index (χ1n) is 5.56. The summed E-state index contributed by atoms with van der Waals surface area (Å²) in [6.45, 7) is 3.40. The molecule has 0 amide bonds. The third-order valence-electron chi connectivity index (χ3n) is 2.88. The van der Waals surface area contributed by atoms with Crippen LogP contribution in [0.4, 0.5) is 8.78 Å². The van der Waals surface area contributed by atoms with Crippen molar-refractivity contribution in [3.05, 3.63) is 70.3 Å². The van der Waals surface area contributed by atoms with Gasteiger partial charge in [-0.1, -0.05) is 6.07 Å². The van der Waals surface area contributed by atoms with E-state index in [1.165, 1.54) is 30.3 Å². The number of hydrogen-bond acceptors (Lipinski definition) is 1. The van der Waals surface area contributed by atoms with E-state index in [1.54, 1.807) is 19.9 Å². The molecule has 3 heteroatoms. The SMILES string of the molecule is Cc1cc(F)ccc1C(=O)c1cc(F)ccc1C. The van der Waals surface area contributed by atoms with Crippen LogP contribution in [0, 0.1) is 25.5 Å². The molecule has 0 heterocycles. The topological polar surface area (TPSA) is 17.1 Å². The maximum absolute atomic E-state index is 13.2. The summed E-state index contributed by atoms with van der Waals surface area (Å²) in [4.78, 5) is 12.3. The molecule has 0 atom stereocenters. The van der Waals surface area contributed by atoms with Gasteiger partial charge in [-0.25, -0.2) is 8.78 Å². The lowest BCUT2D eigenvalue weighted by Crippen LogP contribution is -2.06. The van der Waals surface area contributed by atoms with Crippen LogP contribution in [0.5, 0.6) is 0 Å². The fourth-order valence-electron chi connectivity index (χ4n) is 1.87. The maximum Gasteiger partial charge on any atom is 0.193 e. The molecule has 0 radical (unpaired) electrons. The van der Waals surface area contributed by atoms with Gasteiger partial charge < -0.3 is 0 Å². The van der Waals surface area contributed by atoms with Crippen LogP contribution in [0.1, 0.15) is 27.0 Å². The van der Waals surface area contributed by atoms with Crippen LogP contribution in [-0.2, 0) is 0 Å². The first-order valence-corrected chi connectivity index (χ1v) is 5.56. The number of ketones is 1. The zero-order valence-electron chi connectivity index (χ0n) is 10.1. The lowest BCUT2D eigenvalue weighted by Gasteiger charge is -2.08. The molecule has 2 rings (SSSR count). The summed E-state index contributed by atoms with van der Waals surface area (Å²) in [6, 6.07) is 8.03. The Labute approximate surface area is 104 Å². The fraction of sp³-hybridized carbons (Fsp3) is 0.133. The molecule has 0 aliphatic carbocycles. The summed E-state index contributed by atoms with van der Waals surface area (Å²) in [5.41, 5.74) is 1.95. The van der Waals surface area contributed by atoms with Crippen molar-refractivity contribution >= 4 is 5.78 Å². The van der Waals surface area contributed by atoms with Gasteiger partial charge in [-0.2, -0.15) is 0 Å². The van der Waals surface area contributed by atoms with Gasteiger partial charge >= 0.3 is 0 Å². The van der Waals surface area contributed by atoms with Crippen molar-refractivity contribution in [1.29, 1.82) is 0 Å². The van der Waals surface area contributed by atoms with Gasteiger partial charge in [0.05, 0.1) is 0 Å². The Morgan fingerprint density at radius 3 is 2.11 bits per heavy atom. The lowest BCUT2D eigenvalue weighted by molar-refractivity contribution is 0.103. The Morgan fingerprint density at radius 1 is 0.833 bits per heavy atom. The molecular formula is C15H12F2O. The van der Waals surface area contributed by atoms with E-state index in [9.17, 15) is 13.6 Å². The molecule has 0 N–H and O–H groups in total. The largest absolute Gasteiger partial charge is 0.289 e. The van der Waals surface area contributed by atoms with Crippen LogP contribution >= 0.6 is 0 Å². The second-order valence-electron chi connectivity index (χ2n) is 4.25. The minimum absolute atomic E-state index is 0.287. The Bertz CT molecular complexity index is 618. The number of carbonyl (C=O) groups excluding carboxylic acids is 1. The quantitative estimate of drug-likeness (QED) is 0.736. The van der Waals surface area contributed by atoms with E-state index in [-0.39, 0.29) is 11.6 Å². The van der Waals surface area contributed by atoms with Gasteiger partial charge in [0.1, 0.15) is 11.6 Å². The van der Waals surface area contributed by atoms with Gasteiger partial charge in [0.25, 0.3) is 0 Å². The maximum atomic E-state index is 13.2. The molecule has 0 spiro atoms. The van der Waals surface area contributed by atoms with Crippen LogP contribution in [0.15, 0.2) is 36.4 Å². The smallest absolute Gasteiger partial charge is 0.193 e. The molecule has 0 aromatic heterocycles. The van der Waals surface area contributed by atoms with E-state index >= 15 is 0 Å². The van der Waals surface area contributed by atoms with Crippen molar-refractivity contribution in [3.8, 4) is 0 Å². The lowest BCUT2D eigenvalue weighted by atomic mass is 9.96. The number of aryl methyl sites for hydroxylation is 2. The first-order chi connectivity index (χ1) is 8.49. The minimum atomic E-state index is -0.455. The van der Waals surface area contributed by atoms with Gasteiger partial charge in [0.15, 0.2) is 5.78 Å². The third-order valence-corrected chi connectivity index (χ3v) is 2.88. The van der Waals surface area contributed by atoms with Crippen LogP contribution in [0.2, 0.25) is 0 Å². The van der Waals surface area contributed by atoms with Crippen LogP contribution in [0.3, 0.4) is 0 Å². The number of hydrogen-bond donors (Lipinski definition) is 0. The second kappa shape index (κ2) is 4.69. The Hall–Kier alpha value is -2.03. The Balaban J connectivity index is 2.51. The van der Waals surface area contributed by atoms with E-state index in [4.69, 9.17) is 0 Å². The minimum Gasteiger partial charge on any atom is -0.289 e. The molecule has 0 fully saturated rings. The standard InChI is InChI=1S/C15H12F2O/c1-9-3-4-12(17)8-14(9)15(18)13-6-5-11(16)7-10(13)2/h3-8H,1-2H3. The molecule has 0 unspecified atom stereocenters. The predicted molar refractivity (Wildman–Crippen MR) is 65.7 cm³/mol. The highest BCUT2D eigenvalue weighted by Gasteiger charge is 2.15. The van der Waals surface area contributed by atoms with Crippen molar-refractivity contribution in [1.82, 2.24) is 0 Å². The molecule has 18 heavy (non-hydrogen) atoms. The average molecular weight is 246 g/mol. The highest BCUT2D eigenvalue weighted by Crippen LogP contribution is 2.18. The van der Waals surface area contributed by atoms with E-state index in [0.29, 0.717) is 22.3 Å². The molecule has 0 aliphatic rings. The zero-order valence-corrected chi connectivity index (χ0v) is 10.1. The predicted octanol–water partition coefficient (Wildman–Crippen LogP) is 3.81.